The molecule has 1 aromatic carbocycles. The first-order chi connectivity index (χ1) is 7.95. The minimum Gasteiger partial charge on any atom is -0.244 e. The Balaban J connectivity index is 2.56. The van der Waals surface area contributed by atoms with Crippen LogP contribution in [0.1, 0.15) is 0 Å². The van der Waals surface area contributed by atoms with E-state index in [-0.39, 0.29) is 0 Å². The van der Waals surface area contributed by atoms with E-state index >= 15 is 0 Å². The Morgan fingerprint density at radius 1 is 1.19 bits per heavy atom. The minimum atomic E-state index is 0.945. The Morgan fingerprint density at radius 2 is 2.19 bits per heavy atom. The van der Waals surface area contributed by atoms with Crippen molar-refractivity contribution in [2.75, 3.05) is 0 Å². The largest absolute Gasteiger partial charge is 0.244 e. The van der Waals surface area contributed by atoms with Crippen molar-refractivity contribution in [2.45, 2.75) is 0 Å². The number of aromatic nitrogens is 4. The molecule has 16 heavy (non-hydrogen) atoms. The number of hydrogen-bond acceptors (Lipinski definition) is 4. The summed E-state index contributed by atoms with van der Waals surface area (Å²) < 4.78 is 4.02. The summed E-state index contributed by atoms with van der Waals surface area (Å²) >= 11 is 1.47. The third kappa shape index (κ3) is 1.51. The molecule has 5 heteroatoms. The molecule has 2 heterocycles. The van der Waals surface area contributed by atoms with Crippen molar-refractivity contribution in [3.8, 4) is 0 Å². The maximum atomic E-state index is 4.23. The van der Waals surface area contributed by atoms with Gasteiger partial charge in [0.05, 0.1) is 10.2 Å². The first kappa shape index (κ1) is 9.23. The van der Waals surface area contributed by atoms with E-state index in [1.807, 2.05) is 24.4 Å². The van der Waals surface area contributed by atoms with Crippen LogP contribution in [0.25, 0.3) is 21.0 Å². The highest BCUT2D eigenvalue weighted by Gasteiger charge is 1.99. The van der Waals surface area contributed by atoms with Gasteiger partial charge in [-0.1, -0.05) is 12.1 Å². The lowest BCUT2D eigenvalue weighted by atomic mass is 10.2. The molecule has 0 atom stereocenters. The molecule has 0 spiro atoms. The molecule has 2 aromatic heterocycles. The number of H-pyrrole nitrogens is 1. The molecular formula is C11H8N4S. The zero-order chi connectivity index (χ0) is 10.8. The quantitative estimate of drug-likeness (QED) is 0.643. The Bertz CT molecular complexity index is 684. The smallest absolute Gasteiger partial charge is 0.116 e. The fraction of sp³-hybridized carbons (Fsp3) is 0. The molecule has 0 amide bonds. The van der Waals surface area contributed by atoms with Crippen LogP contribution < -0.4 is 0 Å². The summed E-state index contributed by atoms with van der Waals surface area (Å²) in [4.78, 5) is 8.29. The van der Waals surface area contributed by atoms with Crippen molar-refractivity contribution in [1.29, 1.82) is 0 Å². The van der Waals surface area contributed by atoms with Gasteiger partial charge >= 0.3 is 0 Å². The van der Waals surface area contributed by atoms with Gasteiger partial charge in [-0.15, -0.1) is 0 Å². The average Bonchev–Trinajstić information content (AvgIpc) is 2.29. The van der Waals surface area contributed by atoms with Crippen molar-refractivity contribution in [1.82, 2.24) is 19.6 Å². The second-order valence-electron chi connectivity index (χ2n) is 3.27. The maximum absolute atomic E-state index is 4.23. The van der Waals surface area contributed by atoms with Crippen molar-refractivity contribution >= 4 is 32.5 Å². The molecule has 0 bridgehead atoms. The zero-order valence-electron chi connectivity index (χ0n) is 8.29. The van der Waals surface area contributed by atoms with Crippen LogP contribution in [-0.2, 0) is 0 Å². The van der Waals surface area contributed by atoms with Crippen LogP contribution in [0, 0.1) is 0 Å². The van der Waals surface area contributed by atoms with Gasteiger partial charge < -0.3 is 0 Å². The summed E-state index contributed by atoms with van der Waals surface area (Å²) in [6.45, 7) is 0. The first-order valence-electron chi connectivity index (χ1n) is 4.79. The van der Waals surface area contributed by atoms with Gasteiger partial charge in [-0.2, -0.15) is 5.10 Å². The Hall–Kier alpha value is -2.01. The van der Waals surface area contributed by atoms with Gasteiger partial charge in [0.2, 0.25) is 0 Å². The van der Waals surface area contributed by atoms with Gasteiger partial charge in [-0.05, 0) is 29.1 Å². The number of nitrogens with one attached hydrogen (secondary N) is 1. The summed E-state index contributed by atoms with van der Waals surface area (Å²) in [7, 11) is 0. The van der Waals surface area contributed by atoms with E-state index in [1.165, 1.54) is 11.5 Å². The van der Waals surface area contributed by atoms with Crippen LogP contribution in [-0.4, -0.2) is 19.6 Å². The van der Waals surface area contributed by atoms with E-state index in [0.717, 1.165) is 21.0 Å². The fourth-order valence-corrected chi connectivity index (χ4v) is 2.31. The van der Waals surface area contributed by atoms with E-state index in [2.05, 4.69) is 25.6 Å². The number of aromatic amines is 1. The highest BCUT2D eigenvalue weighted by molar-refractivity contribution is 7.13. The van der Waals surface area contributed by atoms with Crippen LogP contribution in [0.3, 0.4) is 0 Å². The van der Waals surface area contributed by atoms with Crippen molar-refractivity contribution in [3.63, 3.8) is 0 Å². The SMILES string of the molecule is c1cn[nH]sc2c(c1)ccc1ncncc12. The van der Waals surface area contributed by atoms with Gasteiger partial charge in [0.1, 0.15) is 6.33 Å². The number of benzene rings is 1. The van der Waals surface area contributed by atoms with Crippen molar-refractivity contribution < 1.29 is 0 Å². The third-order valence-electron chi connectivity index (χ3n) is 2.31. The topological polar surface area (TPSA) is 54.5 Å². The van der Waals surface area contributed by atoms with Gasteiger partial charge in [0.25, 0.3) is 0 Å². The third-order valence-corrected chi connectivity index (χ3v) is 3.16. The van der Waals surface area contributed by atoms with Crippen LogP contribution in [0.15, 0.2) is 43.0 Å². The second-order valence-corrected chi connectivity index (χ2v) is 4.07. The van der Waals surface area contributed by atoms with E-state index < -0.39 is 0 Å². The monoisotopic (exact) mass is 228 g/mol. The summed E-state index contributed by atoms with van der Waals surface area (Å²) in [5.74, 6) is 0. The summed E-state index contributed by atoms with van der Waals surface area (Å²) in [5.41, 5.74) is 0.945. The lowest BCUT2D eigenvalue weighted by Crippen LogP contribution is -1.81. The van der Waals surface area contributed by atoms with Gasteiger partial charge in [-0.25, -0.2) is 14.5 Å². The van der Waals surface area contributed by atoms with Crippen LogP contribution in [0.5, 0.6) is 0 Å². The number of hydrogen-bond donors (Lipinski definition) is 1. The molecule has 0 radical (unpaired) electrons. The van der Waals surface area contributed by atoms with Crippen LogP contribution in [0.2, 0.25) is 0 Å². The van der Waals surface area contributed by atoms with Crippen LogP contribution >= 0.6 is 11.5 Å². The number of fused-ring (bicyclic) bond motifs is 3. The highest BCUT2D eigenvalue weighted by atomic mass is 32.1. The maximum Gasteiger partial charge on any atom is 0.116 e. The lowest BCUT2D eigenvalue weighted by Gasteiger charge is -1.98. The average molecular weight is 228 g/mol. The van der Waals surface area contributed by atoms with Gasteiger partial charge in [0.15, 0.2) is 0 Å². The lowest BCUT2D eigenvalue weighted by molar-refractivity contribution is 1.13. The number of rotatable bonds is 0. The van der Waals surface area contributed by atoms with Crippen LogP contribution in [0.4, 0.5) is 0 Å². The second kappa shape index (κ2) is 3.86. The van der Waals surface area contributed by atoms with E-state index in [0.29, 0.717) is 0 Å². The number of nitrogens with zero attached hydrogens (tertiary/aromatic N) is 3. The minimum absolute atomic E-state index is 0.945. The first-order valence-corrected chi connectivity index (χ1v) is 5.61. The van der Waals surface area contributed by atoms with Crippen molar-refractivity contribution in [2.24, 2.45) is 0 Å². The molecule has 0 fully saturated rings. The zero-order valence-corrected chi connectivity index (χ0v) is 9.11. The molecule has 0 aliphatic rings. The summed E-state index contributed by atoms with van der Waals surface area (Å²) in [6.07, 6.45) is 5.11. The normalized spacial score (nSPS) is 10.5. The molecule has 0 unspecified atom stereocenters. The predicted molar refractivity (Wildman–Crippen MR) is 64.7 cm³/mol. The van der Waals surface area contributed by atoms with Gasteiger partial charge in [0, 0.05) is 17.8 Å². The molecule has 1 N–H and O–H groups in total. The molecule has 3 aromatic rings. The molecule has 0 saturated carbocycles. The van der Waals surface area contributed by atoms with E-state index in [4.69, 9.17) is 0 Å². The molecule has 0 aliphatic carbocycles. The molecule has 0 saturated heterocycles. The fourth-order valence-electron chi connectivity index (χ4n) is 1.58. The molecule has 4 nitrogen and oxygen atoms in total. The predicted octanol–water partition coefficient (Wildman–Crippen LogP) is 2.69. The van der Waals surface area contributed by atoms with Crippen molar-refractivity contribution in [3.05, 3.63) is 43.0 Å². The highest BCUT2D eigenvalue weighted by Crippen LogP contribution is 2.23. The molecular weight excluding hydrogens is 220 g/mol. The molecule has 78 valence electrons. The summed E-state index contributed by atoms with van der Waals surface area (Å²) in [6, 6.07) is 7.98. The standard InChI is InChI=1S/C11H8N4S/c1-2-8-3-4-10-9(6-12-7-13-10)11(8)16-15-14-5-1/h1-7,15H. The molecule has 0 aliphatic heterocycles. The van der Waals surface area contributed by atoms with E-state index in [1.54, 1.807) is 12.5 Å². The molecule has 3 rings (SSSR count). The Kier molecular flexibility index (Phi) is 2.23. The summed E-state index contributed by atoms with van der Waals surface area (Å²) in [5, 5.41) is 6.18. The van der Waals surface area contributed by atoms with Gasteiger partial charge in [-0.3, -0.25) is 0 Å². The Labute approximate surface area is 95.5 Å². The van der Waals surface area contributed by atoms with E-state index in [9.17, 15) is 0 Å². The Morgan fingerprint density at radius 3 is 3.19 bits per heavy atom.